The van der Waals surface area contributed by atoms with E-state index < -0.39 is 11.8 Å². The summed E-state index contributed by atoms with van der Waals surface area (Å²) in [5, 5.41) is 24.0. The van der Waals surface area contributed by atoms with E-state index in [9.17, 15) is 10.2 Å². The van der Waals surface area contributed by atoms with Crippen LogP contribution in [0.3, 0.4) is 0 Å². The van der Waals surface area contributed by atoms with E-state index in [-0.39, 0.29) is 0 Å². The van der Waals surface area contributed by atoms with Crippen LogP contribution in [0, 0.1) is 0 Å². The average molecular weight is 418 g/mol. The molecule has 160 valence electrons. The summed E-state index contributed by atoms with van der Waals surface area (Å²) in [4.78, 5) is 9.69. The quantitative estimate of drug-likeness (QED) is 0.445. The van der Waals surface area contributed by atoms with Crippen molar-refractivity contribution < 1.29 is 14.9 Å². The highest BCUT2D eigenvalue weighted by Crippen LogP contribution is 2.34. The number of nitrogens with one attached hydrogen (secondary N) is 1. The molecule has 2 aromatic carbocycles. The van der Waals surface area contributed by atoms with E-state index in [1.165, 1.54) is 0 Å². The average Bonchev–Trinajstić information content (AvgIpc) is 3.29. The summed E-state index contributed by atoms with van der Waals surface area (Å²) in [6.07, 6.45) is 4.72. The van der Waals surface area contributed by atoms with Crippen molar-refractivity contribution in [2.45, 2.75) is 31.1 Å². The van der Waals surface area contributed by atoms with Crippen molar-refractivity contribution in [2.75, 3.05) is 19.7 Å². The van der Waals surface area contributed by atoms with Gasteiger partial charge in [-0.3, -0.25) is 9.88 Å². The van der Waals surface area contributed by atoms with Gasteiger partial charge in [-0.2, -0.15) is 0 Å². The lowest BCUT2D eigenvalue weighted by atomic mass is 9.84. The molecule has 6 nitrogen and oxygen atoms in total. The number of ether oxygens (including phenoxy) is 1. The van der Waals surface area contributed by atoms with Crippen LogP contribution in [0.25, 0.3) is 21.8 Å². The molecule has 5 rings (SSSR count). The summed E-state index contributed by atoms with van der Waals surface area (Å²) in [6.45, 7) is 1.68. The number of para-hydroxylation sites is 1. The first-order valence-corrected chi connectivity index (χ1v) is 10.8. The van der Waals surface area contributed by atoms with Crippen LogP contribution in [-0.2, 0) is 5.60 Å². The number of nitrogens with zero attached hydrogens (tertiary/aromatic N) is 2. The van der Waals surface area contributed by atoms with Crippen LogP contribution in [0.5, 0.6) is 5.75 Å². The Morgan fingerprint density at radius 3 is 2.81 bits per heavy atom. The number of hydrogen-bond acceptors (Lipinski definition) is 5. The van der Waals surface area contributed by atoms with Gasteiger partial charge < -0.3 is 19.9 Å². The molecule has 1 atom stereocenters. The first-order valence-electron chi connectivity index (χ1n) is 10.8. The highest BCUT2D eigenvalue weighted by Gasteiger charge is 2.36. The molecule has 0 saturated carbocycles. The van der Waals surface area contributed by atoms with Gasteiger partial charge >= 0.3 is 0 Å². The number of piperidine rings is 1. The molecule has 0 amide bonds. The lowest BCUT2D eigenvalue weighted by Gasteiger charge is -2.40. The summed E-state index contributed by atoms with van der Waals surface area (Å²) in [6, 6.07) is 17.9. The number of hydrogen-bond donors (Lipinski definition) is 3. The number of aliphatic hydroxyl groups excluding tert-OH is 1. The second kappa shape index (κ2) is 8.30. The van der Waals surface area contributed by atoms with Crippen molar-refractivity contribution in [3.05, 3.63) is 72.6 Å². The molecular weight excluding hydrogens is 390 g/mol. The van der Waals surface area contributed by atoms with Crippen LogP contribution in [0.1, 0.15) is 24.8 Å². The molecule has 1 unspecified atom stereocenters. The lowest BCUT2D eigenvalue weighted by molar-refractivity contribution is -0.0819. The van der Waals surface area contributed by atoms with Crippen LogP contribution in [0.2, 0.25) is 0 Å². The highest BCUT2D eigenvalue weighted by molar-refractivity contribution is 5.85. The van der Waals surface area contributed by atoms with Crippen molar-refractivity contribution in [1.29, 1.82) is 0 Å². The van der Waals surface area contributed by atoms with E-state index in [1.54, 1.807) is 6.20 Å². The van der Waals surface area contributed by atoms with Gasteiger partial charge in [0.1, 0.15) is 12.0 Å². The van der Waals surface area contributed by atoms with E-state index in [4.69, 9.17) is 4.74 Å². The topological polar surface area (TPSA) is 81.6 Å². The van der Waals surface area contributed by atoms with Gasteiger partial charge in [-0.05, 0) is 43.2 Å². The standard InChI is InChI=1S/C25H27N3O3/c29-24(9-15-31-23-7-3-6-22-20(23)8-12-26-22)28-13-10-25(30,11-14-28)19-16-18-4-1-2-5-21(18)27-17-19/h1-8,12,16-17,24,26,29-30H,9-11,13-15H2. The molecule has 0 radical (unpaired) electrons. The SMILES string of the molecule is OC(CCOc1cccc2[nH]ccc12)N1CCC(O)(c2cnc3ccccc3c2)CC1. The second-order valence-electron chi connectivity index (χ2n) is 8.30. The molecular formula is C25H27N3O3. The molecule has 1 saturated heterocycles. The minimum absolute atomic E-state index is 0.431. The highest BCUT2D eigenvalue weighted by atomic mass is 16.5. The Morgan fingerprint density at radius 1 is 1.10 bits per heavy atom. The third-order valence-corrected chi connectivity index (χ3v) is 6.36. The normalized spacial score (nSPS) is 17.7. The number of likely N-dealkylation sites (tertiary alicyclic amines) is 1. The van der Waals surface area contributed by atoms with Gasteiger partial charge in [0, 0.05) is 53.8 Å². The van der Waals surface area contributed by atoms with Crippen LogP contribution < -0.4 is 4.74 Å². The third-order valence-electron chi connectivity index (χ3n) is 6.36. The van der Waals surface area contributed by atoms with Crippen molar-refractivity contribution in [1.82, 2.24) is 14.9 Å². The van der Waals surface area contributed by atoms with E-state index in [2.05, 4.69) is 9.97 Å². The number of aliphatic hydroxyl groups is 2. The maximum Gasteiger partial charge on any atom is 0.128 e. The maximum atomic E-state index is 11.2. The largest absolute Gasteiger partial charge is 0.493 e. The molecule has 0 bridgehead atoms. The molecule has 0 aliphatic carbocycles. The second-order valence-corrected chi connectivity index (χ2v) is 8.30. The number of benzene rings is 2. The van der Waals surface area contributed by atoms with Crippen LogP contribution >= 0.6 is 0 Å². The number of rotatable bonds is 6. The van der Waals surface area contributed by atoms with Crippen LogP contribution in [0.4, 0.5) is 0 Å². The Bertz CT molecular complexity index is 1180. The molecule has 1 aliphatic heterocycles. The van der Waals surface area contributed by atoms with Crippen LogP contribution in [0.15, 0.2) is 67.0 Å². The lowest BCUT2D eigenvalue weighted by Crippen LogP contribution is -2.47. The molecule has 3 N–H and O–H groups in total. The molecule has 1 fully saturated rings. The molecule has 0 spiro atoms. The number of aromatic amines is 1. The van der Waals surface area contributed by atoms with E-state index in [0.29, 0.717) is 39.0 Å². The van der Waals surface area contributed by atoms with Crippen LogP contribution in [-0.4, -0.2) is 51.0 Å². The molecule has 4 aromatic rings. The Morgan fingerprint density at radius 2 is 1.94 bits per heavy atom. The van der Waals surface area contributed by atoms with E-state index in [0.717, 1.165) is 33.1 Å². The summed E-state index contributed by atoms with van der Waals surface area (Å²) >= 11 is 0. The predicted molar refractivity (Wildman–Crippen MR) is 121 cm³/mol. The third kappa shape index (κ3) is 4.02. The Kier molecular flexibility index (Phi) is 5.36. The number of pyridine rings is 1. The molecule has 2 aromatic heterocycles. The van der Waals surface area contributed by atoms with Gasteiger partial charge in [0.15, 0.2) is 0 Å². The van der Waals surface area contributed by atoms with Crippen molar-refractivity contribution in [2.24, 2.45) is 0 Å². The van der Waals surface area contributed by atoms with Gasteiger partial charge in [-0.1, -0.05) is 24.3 Å². The monoisotopic (exact) mass is 417 g/mol. The van der Waals surface area contributed by atoms with Gasteiger partial charge in [0.25, 0.3) is 0 Å². The van der Waals surface area contributed by atoms with Gasteiger partial charge in [-0.15, -0.1) is 0 Å². The van der Waals surface area contributed by atoms with Crippen molar-refractivity contribution in [3.63, 3.8) is 0 Å². The fraction of sp³-hybridized carbons (Fsp3) is 0.320. The van der Waals surface area contributed by atoms with E-state index >= 15 is 0 Å². The molecule has 1 aliphatic rings. The Hall–Kier alpha value is -2.93. The van der Waals surface area contributed by atoms with Crippen molar-refractivity contribution >= 4 is 21.8 Å². The number of H-pyrrole nitrogens is 1. The van der Waals surface area contributed by atoms with Gasteiger partial charge in [0.2, 0.25) is 0 Å². The summed E-state index contributed by atoms with van der Waals surface area (Å²) in [5.41, 5.74) is 1.91. The minimum Gasteiger partial charge on any atom is -0.493 e. The van der Waals surface area contributed by atoms with E-state index in [1.807, 2.05) is 65.7 Å². The molecule has 3 heterocycles. The number of aromatic nitrogens is 2. The zero-order valence-corrected chi connectivity index (χ0v) is 17.4. The Balaban J connectivity index is 1.17. The van der Waals surface area contributed by atoms with Crippen molar-refractivity contribution in [3.8, 4) is 5.75 Å². The maximum absolute atomic E-state index is 11.2. The molecule has 31 heavy (non-hydrogen) atoms. The predicted octanol–water partition coefficient (Wildman–Crippen LogP) is 3.79. The summed E-state index contributed by atoms with van der Waals surface area (Å²) < 4.78 is 5.93. The fourth-order valence-corrected chi connectivity index (χ4v) is 4.45. The molecule has 6 heteroatoms. The first-order chi connectivity index (χ1) is 15.1. The zero-order valence-electron chi connectivity index (χ0n) is 17.4. The minimum atomic E-state index is -0.909. The number of fused-ring (bicyclic) bond motifs is 2. The smallest absolute Gasteiger partial charge is 0.128 e. The summed E-state index contributed by atoms with van der Waals surface area (Å²) in [5.74, 6) is 0.822. The first kappa shape index (κ1) is 20.0. The zero-order chi connectivity index (χ0) is 21.3. The van der Waals surface area contributed by atoms with Gasteiger partial charge in [0.05, 0.1) is 17.7 Å². The fourth-order valence-electron chi connectivity index (χ4n) is 4.45. The van der Waals surface area contributed by atoms with Gasteiger partial charge in [-0.25, -0.2) is 0 Å². The summed E-state index contributed by atoms with van der Waals surface area (Å²) in [7, 11) is 0. The Labute approximate surface area is 181 Å².